The van der Waals surface area contributed by atoms with E-state index in [2.05, 4.69) is 9.97 Å². The highest BCUT2D eigenvalue weighted by Crippen LogP contribution is 2.52. The Morgan fingerprint density at radius 2 is 2.00 bits per heavy atom. The molecule has 2 saturated heterocycles. The van der Waals surface area contributed by atoms with Crippen LogP contribution in [-0.4, -0.2) is 50.2 Å². The van der Waals surface area contributed by atoms with E-state index in [4.69, 9.17) is 4.55 Å². The van der Waals surface area contributed by atoms with Gasteiger partial charge in [-0.25, -0.2) is 9.19 Å². The molecule has 2 unspecified atom stereocenters. The minimum absolute atomic E-state index is 0.136. The molecule has 3 aliphatic rings. The van der Waals surface area contributed by atoms with Gasteiger partial charge >= 0.3 is 6.18 Å². The van der Waals surface area contributed by atoms with Crippen LogP contribution < -0.4 is 9.80 Å². The average Bonchev–Trinajstić information content (AvgIpc) is 2.95. The Morgan fingerprint density at radius 1 is 1.32 bits per heavy atom. The van der Waals surface area contributed by atoms with Crippen molar-refractivity contribution < 1.29 is 21.9 Å². The molecule has 3 heterocycles. The SMILES string of the molecule is C[C@H]1CCN1c1nc(N2C[C@@H]3C(CS(=O)O)[C@@H]3C2)cc(C(F)(F)F)n1. The molecule has 1 N–H and O–H groups in total. The van der Waals surface area contributed by atoms with Crippen molar-refractivity contribution in [1.82, 2.24) is 9.97 Å². The van der Waals surface area contributed by atoms with Gasteiger partial charge in [-0.2, -0.15) is 18.2 Å². The number of halogens is 3. The van der Waals surface area contributed by atoms with Crippen molar-refractivity contribution in [2.24, 2.45) is 17.8 Å². The summed E-state index contributed by atoms with van der Waals surface area (Å²) in [6.07, 6.45) is -3.59. The molecular weight excluding hydrogens is 357 g/mol. The lowest BCUT2D eigenvalue weighted by atomic mass is 10.1. The number of rotatable bonds is 4. The number of piperidine rings is 1. The molecule has 1 aromatic heterocycles. The third-order valence-corrected chi connectivity index (χ3v) is 6.27. The van der Waals surface area contributed by atoms with Gasteiger partial charge < -0.3 is 14.4 Å². The Hall–Kier alpha value is -1.42. The van der Waals surface area contributed by atoms with Crippen LogP contribution in [0.2, 0.25) is 0 Å². The number of alkyl halides is 3. The minimum atomic E-state index is -4.51. The number of aromatic nitrogens is 2. The molecule has 0 radical (unpaired) electrons. The topological polar surface area (TPSA) is 69.6 Å². The zero-order valence-electron chi connectivity index (χ0n) is 13.6. The number of hydrogen-bond donors (Lipinski definition) is 1. The summed E-state index contributed by atoms with van der Waals surface area (Å²) < 4.78 is 59.6. The monoisotopic (exact) mass is 376 g/mol. The van der Waals surface area contributed by atoms with Gasteiger partial charge in [-0.1, -0.05) is 0 Å². The normalized spacial score (nSPS) is 32.4. The third-order valence-electron chi connectivity index (χ3n) is 5.60. The van der Waals surface area contributed by atoms with Gasteiger partial charge in [-0.05, 0) is 31.1 Å². The first-order valence-corrected chi connectivity index (χ1v) is 9.57. The van der Waals surface area contributed by atoms with E-state index in [1.807, 2.05) is 11.8 Å². The molecule has 25 heavy (non-hydrogen) atoms. The molecule has 10 heteroatoms. The van der Waals surface area contributed by atoms with Gasteiger partial charge in [0.1, 0.15) is 5.82 Å². The first-order chi connectivity index (χ1) is 11.7. The molecule has 2 aliphatic heterocycles. The second kappa shape index (κ2) is 5.80. The summed E-state index contributed by atoms with van der Waals surface area (Å²) >= 11 is -1.82. The fraction of sp³-hybridized carbons (Fsp3) is 0.733. The van der Waals surface area contributed by atoms with E-state index >= 15 is 0 Å². The van der Waals surface area contributed by atoms with Crippen LogP contribution in [0.15, 0.2) is 6.07 Å². The van der Waals surface area contributed by atoms with Crippen molar-refractivity contribution in [3.8, 4) is 0 Å². The van der Waals surface area contributed by atoms with Crippen LogP contribution in [0, 0.1) is 17.8 Å². The predicted molar refractivity (Wildman–Crippen MR) is 86.8 cm³/mol. The maximum absolute atomic E-state index is 13.2. The largest absolute Gasteiger partial charge is 0.433 e. The van der Waals surface area contributed by atoms with Crippen molar-refractivity contribution in [2.45, 2.75) is 25.6 Å². The van der Waals surface area contributed by atoms with Gasteiger partial charge in [0.25, 0.3) is 0 Å². The van der Waals surface area contributed by atoms with Crippen LogP contribution in [0.25, 0.3) is 0 Å². The first kappa shape index (κ1) is 17.0. The molecule has 0 bridgehead atoms. The summed E-state index contributed by atoms with van der Waals surface area (Å²) in [6.45, 7) is 3.76. The Balaban J connectivity index is 1.56. The van der Waals surface area contributed by atoms with Crippen molar-refractivity contribution >= 4 is 22.8 Å². The number of nitrogens with zero attached hydrogens (tertiary/aromatic N) is 4. The van der Waals surface area contributed by atoms with Crippen LogP contribution in [0.1, 0.15) is 19.0 Å². The quantitative estimate of drug-likeness (QED) is 0.811. The van der Waals surface area contributed by atoms with E-state index in [0.29, 0.717) is 25.5 Å². The lowest BCUT2D eigenvalue weighted by Gasteiger charge is -2.39. The molecule has 0 aromatic carbocycles. The summed E-state index contributed by atoms with van der Waals surface area (Å²) in [5.41, 5.74) is -0.916. The van der Waals surface area contributed by atoms with Crippen LogP contribution >= 0.6 is 0 Å². The van der Waals surface area contributed by atoms with Crippen LogP contribution in [0.4, 0.5) is 24.9 Å². The maximum atomic E-state index is 13.2. The van der Waals surface area contributed by atoms with E-state index in [1.54, 1.807) is 4.90 Å². The van der Waals surface area contributed by atoms with E-state index in [-0.39, 0.29) is 35.5 Å². The molecule has 1 saturated carbocycles. The molecule has 0 amide bonds. The molecule has 4 rings (SSSR count). The smallest absolute Gasteiger partial charge is 0.356 e. The number of anilines is 2. The Kier molecular flexibility index (Phi) is 3.95. The second-order valence-electron chi connectivity index (χ2n) is 7.12. The summed E-state index contributed by atoms with van der Waals surface area (Å²) in [5, 5.41) is 0. The Morgan fingerprint density at radius 3 is 2.48 bits per heavy atom. The second-order valence-corrected chi connectivity index (χ2v) is 8.10. The van der Waals surface area contributed by atoms with Crippen LogP contribution in [-0.2, 0) is 17.3 Å². The molecule has 0 spiro atoms. The summed E-state index contributed by atoms with van der Waals surface area (Å²) in [5.74, 6) is 1.42. The molecule has 5 atom stereocenters. The Labute approximate surface area is 145 Å². The van der Waals surface area contributed by atoms with Gasteiger partial charge in [0, 0.05) is 31.7 Å². The van der Waals surface area contributed by atoms with Crippen molar-refractivity contribution in [3.05, 3.63) is 11.8 Å². The van der Waals surface area contributed by atoms with Gasteiger partial charge in [0.15, 0.2) is 16.8 Å². The fourth-order valence-electron chi connectivity index (χ4n) is 3.92. The van der Waals surface area contributed by atoms with E-state index in [9.17, 15) is 17.4 Å². The third kappa shape index (κ3) is 3.10. The highest BCUT2D eigenvalue weighted by Gasteiger charge is 2.56. The van der Waals surface area contributed by atoms with Gasteiger partial charge in [-0.3, -0.25) is 0 Å². The first-order valence-electron chi connectivity index (χ1n) is 8.29. The maximum Gasteiger partial charge on any atom is 0.433 e. The van der Waals surface area contributed by atoms with E-state index in [1.165, 1.54) is 0 Å². The van der Waals surface area contributed by atoms with Gasteiger partial charge in [-0.15, -0.1) is 0 Å². The zero-order valence-corrected chi connectivity index (χ0v) is 14.4. The molecule has 1 aliphatic carbocycles. The molecule has 3 fully saturated rings. The van der Waals surface area contributed by atoms with Gasteiger partial charge in [0.2, 0.25) is 5.95 Å². The summed E-state index contributed by atoms with van der Waals surface area (Å²) in [4.78, 5) is 11.7. The van der Waals surface area contributed by atoms with E-state index in [0.717, 1.165) is 12.5 Å². The van der Waals surface area contributed by atoms with Crippen molar-refractivity contribution in [2.75, 3.05) is 35.2 Å². The highest BCUT2D eigenvalue weighted by molar-refractivity contribution is 7.79. The summed E-state index contributed by atoms with van der Waals surface area (Å²) in [6, 6.07) is 1.16. The predicted octanol–water partition coefficient (Wildman–Crippen LogP) is 2.00. The molecule has 1 aromatic rings. The lowest BCUT2D eigenvalue weighted by molar-refractivity contribution is -0.141. The highest BCUT2D eigenvalue weighted by atomic mass is 32.2. The number of fused-ring (bicyclic) bond motifs is 1. The van der Waals surface area contributed by atoms with E-state index < -0.39 is 23.0 Å². The fourth-order valence-corrected chi connectivity index (χ4v) is 4.74. The summed E-state index contributed by atoms with van der Waals surface area (Å²) in [7, 11) is 0. The number of hydrogen-bond acceptors (Lipinski definition) is 5. The average molecular weight is 376 g/mol. The van der Waals surface area contributed by atoms with Crippen molar-refractivity contribution in [1.29, 1.82) is 0 Å². The molecule has 6 nitrogen and oxygen atoms in total. The Bertz CT molecular complexity index is 705. The molecular formula is C15H19F3N4O2S. The zero-order chi connectivity index (χ0) is 17.9. The lowest BCUT2D eigenvalue weighted by Crippen LogP contribution is -2.47. The van der Waals surface area contributed by atoms with Gasteiger partial charge in [0.05, 0.1) is 5.75 Å². The van der Waals surface area contributed by atoms with Crippen LogP contribution in [0.5, 0.6) is 0 Å². The van der Waals surface area contributed by atoms with Crippen molar-refractivity contribution in [3.63, 3.8) is 0 Å². The van der Waals surface area contributed by atoms with Crippen LogP contribution in [0.3, 0.4) is 0 Å². The standard InChI is InChI=1S/C15H19F3N4O2S/c1-8-2-3-22(8)14-19-12(15(16,17)18)4-13(20-14)21-5-9-10(6-21)11(9)7-25(23)24/h4,8-11H,2-3,5-7H2,1H3,(H,23,24)/t8-,9-,10+,11?/m0/s1. The minimum Gasteiger partial charge on any atom is -0.356 e. The molecule has 138 valence electrons.